The molecule has 0 aromatic heterocycles. The number of piperidine rings is 1. The molecular formula is C12H22N4O4. The van der Waals surface area contributed by atoms with Crippen molar-refractivity contribution in [3.63, 3.8) is 0 Å². The smallest absolute Gasteiger partial charge is 0.323 e. The monoisotopic (exact) mass is 286 g/mol. The summed E-state index contributed by atoms with van der Waals surface area (Å²) >= 11 is 0. The Morgan fingerprint density at radius 1 is 1.30 bits per heavy atom. The second kappa shape index (κ2) is 7.09. The van der Waals surface area contributed by atoms with Gasteiger partial charge in [-0.3, -0.25) is 9.59 Å². The summed E-state index contributed by atoms with van der Waals surface area (Å²) in [6.07, 6.45) is 1.84. The molecule has 1 fully saturated rings. The molecule has 8 nitrogen and oxygen atoms in total. The molecular weight excluding hydrogens is 264 g/mol. The van der Waals surface area contributed by atoms with Crippen molar-refractivity contribution >= 4 is 17.9 Å². The molecule has 1 saturated heterocycles. The van der Waals surface area contributed by atoms with Crippen molar-refractivity contribution in [1.29, 1.82) is 0 Å². The fraction of sp³-hybridized carbons (Fsp3) is 0.750. The number of carbonyl (C=O) groups excluding carboxylic acids is 2. The van der Waals surface area contributed by atoms with E-state index in [4.69, 9.17) is 10.8 Å². The number of aliphatic carboxylic acids is 1. The lowest BCUT2D eigenvalue weighted by molar-refractivity contribution is -0.138. The zero-order valence-electron chi connectivity index (χ0n) is 11.9. The number of amides is 3. The highest BCUT2D eigenvalue weighted by molar-refractivity contribution is 5.86. The van der Waals surface area contributed by atoms with Gasteiger partial charge in [-0.2, -0.15) is 0 Å². The summed E-state index contributed by atoms with van der Waals surface area (Å²) in [5, 5.41) is 8.81. The number of primary amides is 1. The number of carboxylic acid groups (broad SMARTS) is 1. The van der Waals surface area contributed by atoms with E-state index >= 15 is 0 Å². The molecule has 20 heavy (non-hydrogen) atoms. The van der Waals surface area contributed by atoms with E-state index in [2.05, 4.69) is 0 Å². The minimum absolute atomic E-state index is 0.243. The molecule has 0 aromatic rings. The standard InChI is InChI=1S/C12H22N4O4/c1-14(2)9-4-3-5-15(6-9)12(20)16(7-10(13)17)8-11(18)19/h9H,3-8H2,1-2H3,(H2,13,17)(H,18,19). The quantitative estimate of drug-likeness (QED) is 0.674. The van der Waals surface area contributed by atoms with E-state index in [1.807, 2.05) is 19.0 Å². The summed E-state index contributed by atoms with van der Waals surface area (Å²) in [5.74, 6) is -1.89. The van der Waals surface area contributed by atoms with E-state index in [-0.39, 0.29) is 12.6 Å². The second-order valence-electron chi connectivity index (χ2n) is 5.20. The first kappa shape index (κ1) is 16.2. The van der Waals surface area contributed by atoms with Crippen LogP contribution >= 0.6 is 0 Å². The van der Waals surface area contributed by atoms with Crippen LogP contribution in [0.5, 0.6) is 0 Å². The van der Waals surface area contributed by atoms with Crippen LogP contribution in [0.3, 0.4) is 0 Å². The highest BCUT2D eigenvalue weighted by Gasteiger charge is 2.29. The van der Waals surface area contributed by atoms with Gasteiger partial charge in [-0.15, -0.1) is 0 Å². The second-order valence-corrected chi connectivity index (χ2v) is 5.20. The fourth-order valence-electron chi connectivity index (χ4n) is 2.29. The molecule has 0 spiro atoms. The maximum atomic E-state index is 12.3. The molecule has 1 atom stereocenters. The molecule has 8 heteroatoms. The van der Waals surface area contributed by atoms with Gasteiger partial charge in [-0.1, -0.05) is 0 Å². The highest BCUT2D eigenvalue weighted by atomic mass is 16.4. The van der Waals surface area contributed by atoms with Crippen LogP contribution in [0.4, 0.5) is 4.79 Å². The van der Waals surface area contributed by atoms with E-state index in [0.29, 0.717) is 13.1 Å². The summed E-state index contributed by atoms with van der Waals surface area (Å²) in [7, 11) is 3.88. The predicted octanol–water partition coefficient (Wildman–Crippen LogP) is -0.996. The predicted molar refractivity (Wildman–Crippen MR) is 72.1 cm³/mol. The summed E-state index contributed by atoms with van der Waals surface area (Å²) in [6.45, 7) is 0.192. The molecule has 1 heterocycles. The molecule has 3 N–H and O–H groups in total. The molecule has 0 bridgehead atoms. The number of likely N-dealkylation sites (N-methyl/N-ethyl adjacent to an activating group) is 1. The van der Waals surface area contributed by atoms with Crippen LogP contribution in [-0.4, -0.2) is 84.0 Å². The first-order valence-corrected chi connectivity index (χ1v) is 6.51. The topological polar surface area (TPSA) is 107 Å². The molecule has 1 rings (SSSR count). The zero-order valence-corrected chi connectivity index (χ0v) is 11.9. The summed E-state index contributed by atoms with van der Waals surface area (Å²) < 4.78 is 0. The number of rotatable bonds is 5. The van der Waals surface area contributed by atoms with Gasteiger partial charge in [0.05, 0.1) is 0 Å². The number of hydrogen-bond donors (Lipinski definition) is 2. The van der Waals surface area contributed by atoms with Crippen molar-refractivity contribution in [3.8, 4) is 0 Å². The fourth-order valence-corrected chi connectivity index (χ4v) is 2.29. The third kappa shape index (κ3) is 4.69. The van der Waals surface area contributed by atoms with Gasteiger partial charge in [-0.25, -0.2) is 4.79 Å². The molecule has 0 aliphatic carbocycles. The first-order valence-electron chi connectivity index (χ1n) is 6.51. The summed E-state index contributed by atoms with van der Waals surface area (Å²) in [5.41, 5.74) is 5.06. The molecule has 0 radical (unpaired) electrons. The van der Waals surface area contributed by atoms with Crippen molar-refractivity contribution < 1.29 is 19.5 Å². The van der Waals surface area contributed by atoms with Crippen molar-refractivity contribution in [2.45, 2.75) is 18.9 Å². The van der Waals surface area contributed by atoms with Crippen molar-refractivity contribution in [2.75, 3.05) is 40.3 Å². The Morgan fingerprint density at radius 3 is 2.45 bits per heavy atom. The van der Waals surface area contributed by atoms with E-state index in [1.54, 1.807) is 4.90 Å². The van der Waals surface area contributed by atoms with Crippen LogP contribution in [-0.2, 0) is 9.59 Å². The third-order valence-corrected chi connectivity index (χ3v) is 3.34. The SMILES string of the molecule is CN(C)C1CCCN(C(=O)N(CC(N)=O)CC(=O)O)C1. The van der Waals surface area contributed by atoms with Crippen LogP contribution < -0.4 is 5.73 Å². The van der Waals surface area contributed by atoms with Crippen LogP contribution in [0.2, 0.25) is 0 Å². The zero-order chi connectivity index (χ0) is 15.3. The molecule has 1 unspecified atom stereocenters. The number of carboxylic acids is 1. The van der Waals surface area contributed by atoms with Crippen molar-refractivity contribution in [1.82, 2.24) is 14.7 Å². The Hall–Kier alpha value is -1.83. The lowest BCUT2D eigenvalue weighted by Gasteiger charge is -2.38. The van der Waals surface area contributed by atoms with Gasteiger partial charge >= 0.3 is 12.0 Å². The van der Waals surface area contributed by atoms with Gasteiger partial charge in [-0.05, 0) is 26.9 Å². The van der Waals surface area contributed by atoms with Crippen LogP contribution in [0, 0.1) is 0 Å². The minimum Gasteiger partial charge on any atom is -0.480 e. The van der Waals surface area contributed by atoms with Crippen LogP contribution in [0.1, 0.15) is 12.8 Å². The number of carbonyl (C=O) groups is 3. The van der Waals surface area contributed by atoms with Gasteiger partial charge in [0, 0.05) is 19.1 Å². The van der Waals surface area contributed by atoms with Crippen molar-refractivity contribution in [2.24, 2.45) is 5.73 Å². The van der Waals surface area contributed by atoms with E-state index in [0.717, 1.165) is 17.7 Å². The lowest BCUT2D eigenvalue weighted by Crippen LogP contribution is -2.54. The average Bonchev–Trinajstić information content (AvgIpc) is 2.36. The Balaban J connectivity index is 2.72. The minimum atomic E-state index is -1.17. The van der Waals surface area contributed by atoms with Gasteiger partial charge < -0.3 is 25.5 Å². The number of hydrogen-bond acceptors (Lipinski definition) is 4. The number of likely N-dealkylation sites (tertiary alicyclic amines) is 1. The largest absolute Gasteiger partial charge is 0.480 e. The number of urea groups is 1. The van der Waals surface area contributed by atoms with Gasteiger partial charge in [0.1, 0.15) is 13.1 Å². The lowest BCUT2D eigenvalue weighted by atomic mass is 10.1. The molecule has 1 aliphatic heterocycles. The number of nitrogens with zero attached hydrogens (tertiary/aromatic N) is 3. The van der Waals surface area contributed by atoms with Crippen LogP contribution in [0.15, 0.2) is 0 Å². The number of nitrogens with two attached hydrogens (primary N) is 1. The molecule has 0 aromatic carbocycles. The Bertz CT molecular complexity index is 370. The normalized spacial score (nSPS) is 18.9. The summed E-state index contributed by atoms with van der Waals surface area (Å²) in [6, 6.07) is -0.203. The van der Waals surface area contributed by atoms with E-state index < -0.39 is 24.5 Å². The average molecular weight is 286 g/mol. The Labute approximate surface area is 118 Å². The Kier molecular flexibility index (Phi) is 5.75. The highest BCUT2D eigenvalue weighted by Crippen LogP contribution is 2.15. The third-order valence-electron chi connectivity index (χ3n) is 3.34. The first-order chi connectivity index (χ1) is 9.31. The molecule has 1 aliphatic rings. The van der Waals surface area contributed by atoms with E-state index in [1.165, 1.54) is 0 Å². The molecule has 114 valence electrons. The maximum absolute atomic E-state index is 12.3. The van der Waals surface area contributed by atoms with Gasteiger partial charge in [0.2, 0.25) is 5.91 Å². The molecule has 0 saturated carbocycles. The van der Waals surface area contributed by atoms with Gasteiger partial charge in [0.25, 0.3) is 0 Å². The summed E-state index contributed by atoms with van der Waals surface area (Å²) in [4.78, 5) is 38.6. The van der Waals surface area contributed by atoms with E-state index in [9.17, 15) is 14.4 Å². The molecule has 3 amide bonds. The Morgan fingerprint density at radius 2 is 1.95 bits per heavy atom. The maximum Gasteiger partial charge on any atom is 0.323 e. The van der Waals surface area contributed by atoms with Crippen molar-refractivity contribution in [3.05, 3.63) is 0 Å². The van der Waals surface area contributed by atoms with Gasteiger partial charge in [0.15, 0.2) is 0 Å². The van der Waals surface area contributed by atoms with Crippen LogP contribution in [0.25, 0.3) is 0 Å².